The van der Waals surface area contributed by atoms with E-state index >= 15 is 0 Å². The second kappa shape index (κ2) is 4.83. The van der Waals surface area contributed by atoms with Crippen LogP contribution in [-0.2, 0) is 4.74 Å². The number of hydrogen-bond donors (Lipinski definition) is 1. The summed E-state index contributed by atoms with van der Waals surface area (Å²) >= 11 is 0. The van der Waals surface area contributed by atoms with Gasteiger partial charge < -0.3 is 9.84 Å². The van der Waals surface area contributed by atoms with Crippen molar-refractivity contribution in [3.8, 4) is 0 Å². The van der Waals surface area contributed by atoms with E-state index in [1.54, 1.807) is 0 Å². The van der Waals surface area contributed by atoms with E-state index in [1.807, 2.05) is 0 Å². The summed E-state index contributed by atoms with van der Waals surface area (Å²) in [5, 5.41) is 11.1. The molecule has 3 fully saturated rings. The highest BCUT2D eigenvalue weighted by Crippen LogP contribution is 2.65. The number of fused-ring (bicyclic) bond motifs is 5. The molecular formula is C20H32O2. The molecule has 0 aromatic heterocycles. The van der Waals surface area contributed by atoms with Crippen molar-refractivity contribution in [3.05, 3.63) is 11.1 Å². The van der Waals surface area contributed by atoms with E-state index < -0.39 is 0 Å². The van der Waals surface area contributed by atoms with E-state index in [0.717, 1.165) is 12.3 Å². The van der Waals surface area contributed by atoms with Crippen LogP contribution in [-0.4, -0.2) is 22.9 Å². The van der Waals surface area contributed by atoms with Crippen molar-refractivity contribution in [2.45, 2.75) is 90.4 Å². The Morgan fingerprint density at radius 2 is 1.91 bits per heavy atom. The lowest BCUT2D eigenvalue weighted by Crippen LogP contribution is -2.61. The first-order valence-electron chi connectivity index (χ1n) is 9.42. The summed E-state index contributed by atoms with van der Waals surface area (Å²) in [6, 6.07) is 0. The first-order chi connectivity index (χ1) is 10.4. The number of aliphatic hydroxyl groups is 1. The zero-order valence-electron chi connectivity index (χ0n) is 14.7. The Balaban J connectivity index is 1.85. The van der Waals surface area contributed by atoms with Gasteiger partial charge in [0.15, 0.2) is 0 Å². The summed E-state index contributed by atoms with van der Waals surface area (Å²) in [7, 11) is 0. The Hall–Kier alpha value is -0.340. The summed E-state index contributed by atoms with van der Waals surface area (Å²) in [6.45, 7) is 9.43. The van der Waals surface area contributed by atoms with Crippen LogP contribution in [0.25, 0.3) is 0 Å². The van der Waals surface area contributed by atoms with Gasteiger partial charge in [-0.2, -0.15) is 0 Å². The van der Waals surface area contributed by atoms with Crippen LogP contribution in [0.2, 0.25) is 0 Å². The Labute approximate surface area is 135 Å². The monoisotopic (exact) mass is 304 g/mol. The average Bonchev–Trinajstić information content (AvgIpc) is 2.76. The molecule has 1 saturated carbocycles. The molecule has 0 aromatic rings. The van der Waals surface area contributed by atoms with Crippen LogP contribution in [0.3, 0.4) is 0 Å². The van der Waals surface area contributed by atoms with Crippen molar-refractivity contribution in [1.82, 2.24) is 0 Å². The third kappa shape index (κ3) is 1.86. The molecule has 0 spiro atoms. The van der Waals surface area contributed by atoms with Gasteiger partial charge in [-0.05, 0) is 69.3 Å². The first-order valence-corrected chi connectivity index (χ1v) is 9.42. The fourth-order valence-electron chi connectivity index (χ4n) is 6.51. The fraction of sp³-hybridized carbons (Fsp3) is 0.900. The molecule has 2 saturated heterocycles. The van der Waals surface area contributed by atoms with Crippen LogP contribution in [0.15, 0.2) is 11.1 Å². The van der Waals surface area contributed by atoms with Gasteiger partial charge in [-0.3, -0.25) is 0 Å². The topological polar surface area (TPSA) is 29.5 Å². The number of hydrogen-bond acceptors (Lipinski definition) is 2. The minimum absolute atomic E-state index is 0.0216. The maximum absolute atomic E-state index is 11.1. The second-order valence-corrected chi connectivity index (χ2v) is 9.17. The standard InChI is InChI=1S/C20H32O2/c1-12-6-5-10-20(4)15-9-11-19(3)16(15)13(2)14(8-7-12)17(21)18(19)22-20/h12,15-18,21H,5-11H2,1-4H3. The average molecular weight is 304 g/mol. The molecule has 0 aromatic carbocycles. The Kier molecular flexibility index (Phi) is 3.34. The van der Waals surface area contributed by atoms with Gasteiger partial charge in [-0.1, -0.05) is 32.3 Å². The molecule has 0 amide bonds. The summed E-state index contributed by atoms with van der Waals surface area (Å²) in [5.74, 6) is 2.06. The molecule has 124 valence electrons. The lowest BCUT2D eigenvalue weighted by Gasteiger charge is -2.58. The van der Waals surface area contributed by atoms with E-state index in [-0.39, 0.29) is 23.2 Å². The molecule has 0 radical (unpaired) electrons. The molecule has 22 heavy (non-hydrogen) atoms. The predicted molar refractivity (Wildman–Crippen MR) is 88.6 cm³/mol. The van der Waals surface area contributed by atoms with Gasteiger partial charge in [-0.15, -0.1) is 0 Å². The third-order valence-corrected chi connectivity index (χ3v) is 7.83. The van der Waals surface area contributed by atoms with Crippen LogP contribution in [0.5, 0.6) is 0 Å². The molecule has 7 atom stereocenters. The summed E-state index contributed by atoms with van der Waals surface area (Å²) in [6.07, 6.45) is 8.20. The van der Waals surface area contributed by atoms with Crippen molar-refractivity contribution in [2.75, 3.05) is 0 Å². The van der Waals surface area contributed by atoms with Gasteiger partial charge in [0.05, 0.1) is 11.7 Å². The van der Waals surface area contributed by atoms with Crippen LogP contribution < -0.4 is 0 Å². The zero-order chi connectivity index (χ0) is 15.7. The summed E-state index contributed by atoms with van der Waals surface area (Å²) < 4.78 is 6.71. The third-order valence-electron chi connectivity index (χ3n) is 7.83. The molecule has 5 aliphatic rings. The van der Waals surface area contributed by atoms with Gasteiger partial charge in [-0.25, -0.2) is 0 Å². The lowest BCUT2D eigenvalue weighted by atomic mass is 9.57. The SMILES string of the molecule is CC1=C2CCC(C)CCCC3(C)OC(C2O)C2(C)CCC3C12. The summed E-state index contributed by atoms with van der Waals surface area (Å²) in [5.41, 5.74) is 2.99. The highest BCUT2D eigenvalue weighted by atomic mass is 16.5. The van der Waals surface area contributed by atoms with E-state index in [2.05, 4.69) is 27.7 Å². The molecule has 5 rings (SSSR count). The van der Waals surface area contributed by atoms with Crippen LogP contribution in [0.4, 0.5) is 0 Å². The Morgan fingerprint density at radius 3 is 2.68 bits per heavy atom. The van der Waals surface area contributed by atoms with Crippen molar-refractivity contribution in [3.63, 3.8) is 0 Å². The highest BCUT2D eigenvalue weighted by molar-refractivity contribution is 5.34. The lowest BCUT2D eigenvalue weighted by molar-refractivity contribution is -0.235. The molecule has 6 bridgehead atoms. The molecule has 2 nitrogen and oxygen atoms in total. The predicted octanol–water partition coefficient (Wildman–Crippen LogP) is 4.47. The highest BCUT2D eigenvalue weighted by Gasteiger charge is 2.65. The van der Waals surface area contributed by atoms with E-state index in [9.17, 15) is 5.11 Å². The minimum atomic E-state index is -0.370. The molecule has 3 aliphatic carbocycles. The Morgan fingerprint density at radius 1 is 1.14 bits per heavy atom. The largest absolute Gasteiger partial charge is 0.386 e. The zero-order valence-corrected chi connectivity index (χ0v) is 14.7. The van der Waals surface area contributed by atoms with Crippen molar-refractivity contribution in [1.29, 1.82) is 0 Å². The second-order valence-electron chi connectivity index (χ2n) is 9.17. The molecule has 2 heteroatoms. The quantitative estimate of drug-likeness (QED) is 0.669. The van der Waals surface area contributed by atoms with E-state index in [4.69, 9.17) is 4.74 Å². The van der Waals surface area contributed by atoms with Gasteiger partial charge in [0.25, 0.3) is 0 Å². The van der Waals surface area contributed by atoms with Gasteiger partial charge in [0, 0.05) is 5.41 Å². The van der Waals surface area contributed by atoms with Crippen molar-refractivity contribution >= 4 is 0 Å². The van der Waals surface area contributed by atoms with Crippen molar-refractivity contribution in [2.24, 2.45) is 23.2 Å². The van der Waals surface area contributed by atoms with Gasteiger partial charge in [0.2, 0.25) is 0 Å². The molecule has 1 N–H and O–H groups in total. The smallest absolute Gasteiger partial charge is 0.102 e. The van der Waals surface area contributed by atoms with Crippen molar-refractivity contribution < 1.29 is 9.84 Å². The maximum atomic E-state index is 11.1. The van der Waals surface area contributed by atoms with Crippen LogP contribution >= 0.6 is 0 Å². The molecule has 7 unspecified atom stereocenters. The number of rotatable bonds is 0. The molecule has 2 heterocycles. The Bertz CT molecular complexity index is 510. The number of allylic oxidation sites excluding steroid dienone is 1. The molecule has 2 aliphatic heterocycles. The van der Waals surface area contributed by atoms with Gasteiger partial charge in [0.1, 0.15) is 6.10 Å². The van der Waals surface area contributed by atoms with Crippen LogP contribution in [0.1, 0.15) is 72.6 Å². The van der Waals surface area contributed by atoms with Crippen LogP contribution in [0, 0.1) is 23.2 Å². The number of aliphatic hydroxyl groups excluding tert-OH is 1. The molecular weight excluding hydrogens is 272 g/mol. The normalized spacial score (nSPS) is 54.7. The maximum Gasteiger partial charge on any atom is 0.102 e. The van der Waals surface area contributed by atoms with E-state index in [0.29, 0.717) is 11.8 Å². The minimum Gasteiger partial charge on any atom is -0.386 e. The fourth-order valence-corrected chi connectivity index (χ4v) is 6.51. The van der Waals surface area contributed by atoms with Gasteiger partial charge >= 0.3 is 0 Å². The summed E-state index contributed by atoms with van der Waals surface area (Å²) in [4.78, 5) is 0. The number of ether oxygens (including phenoxy) is 1. The van der Waals surface area contributed by atoms with E-state index in [1.165, 1.54) is 49.7 Å². The first kappa shape index (κ1) is 15.2.